The maximum Gasteiger partial charge on any atom is 0.340 e. The van der Waals surface area contributed by atoms with Crippen LogP contribution in [0.25, 0.3) is 0 Å². The molecule has 1 aromatic heterocycles. The molecule has 0 radical (unpaired) electrons. The molecule has 0 aliphatic heterocycles. The number of aryl methyl sites for hydroxylation is 1. The fourth-order valence-corrected chi connectivity index (χ4v) is 1.86. The zero-order valence-electron chi connectivity index (χ0n) is 11.0. The van der Waals surface area contributed by atoms with Gasteiger partial charge in [0.05, 0.1) is 5.69 Å². The van der Waals surface area contributed by atoms with E-state index >= 15 is 0 Å². The lowest BCUT2D eigenvalue weighted by molar-refractivity contribution is -0.116. The maximum absolute atomic E-state index is 13.5. The van der Waals surface area contributed by atoms with Crippen LogP contribution < -0.4 is 5.32 Å². The quantitative estimate of drug-likeness (QED) is 0.886. The molecule has 108 valence electrons. The lowest BCUT2D eigenvalue weighted by Gasteiger charge is -2.09. The molecule has 1 aromatic carbocycles. The summed E-state index contributed by atoms with van der Waals surface area (Å²) in [6.07, 6.45) is 3.91. The molecule has 6 heteroatoms. The second-order valence-electron chi connectivity index (χ2n) is 4.38. The average molecular weight is 288 g/mol. The van der Waals surface area contributed by atoms with Crippen LogP contribution in [0.4, 0.5) is 10.1 Å². The fourth-order valence-electron chi connectivity index (χ4n) is 1.86. The number of hydrogen-bond donors (Lipinski definition) is 2. The van der Waals surface area contributed by atoms with Crippen molar-refractivity contribution >= 4 is 17.6 Å². The lowest BCUT2D eigenvalue weighted by atomic mass is 10.1. The smallest absolute Gasteiger partial charge is 0.340 e. The molecule has 0 aliphatic carbocycles. The first-order valence-electron chi connectivity index (χ1n) is 6.28. The number of anilines is 1. The van der Waals surface area contributed by atoms with Gasteiger partial charge in [-0.25, -0.2) is 9.18 Å². The maximum atomic E-state index is 13.5. The Labute approximate surface area is 120 Å². The molecule has 2 rings (SSSR count). The second-order valence-corrected chi connectivity index (χ2v) is 4.38. The van der Waals surface area contributed by atoms with Crippen molar-refractivity contribution in [1.82, 2.24) is 4.98 Å². The molecule has 1 heterocycles. The predicted octanol–water partition coefficient (Wildman–Crippen LogP) is 2.49. The van der Waals surface area contributed by atoms with E-state index in [1.54, 1.807) is 18.5 Å². The molecule has 0 aliphatic rings. The molecule has 0 fully saturated rings. The molecule has 0 unspecified atom stereocenters. The summed E-state index contributed by atoms with van der Waals surface area (Å²) in [5.74, 6) is -2.69. The van der Waals surface area contributed by atoms with Crippen LogP contribution in [0.1, 0.15) is 22.3 Å². The van der Waals surface area contributed by atoms with E-state index in [1.165, 1.54) is 12.1 Å². The Kier molecular flexibility index (Phi) is 4.61. The van der Waals surface area contributed by atoms with Crippen LogP contribution >= 0.6 is 0 Å². The van der Waals surface area contributed by atoms with E-state index in [0.717, 1.165) is 11.6 Å². The van der Waals surface area contributed by atoms with Crippen LogP contribution in [0.3, 0.4) is 0 Å². The third-order valence-electron chi connectivity index (χ3n) is 2.87. The summed E-state index contributed by atoms with van der Waals surface area (Å²) in [5, 5.41) is 11.4. The van der Waals surface area contributed by atoms with Crippen LogP contribution in [0.5, 0.6) is 0 Å². The number of rotatable bonds is 5. The number of carboxylic acid groups (broad SMARTS) is 1. The van der Waals surface area contributed by atoms with Crippen molar-refractivity contribution in [3.05, 3.63) is 59.7 Å². The standard InChI is InChI=1S/C15H13FN2O3/c16-11-4-1-5-12(14(11)15(20)21)18-13(19)7-6-10-3-2-8-17-9-10/h1-5,8-9H,6-7H2,(H,18,19)(H,20,21). The summed E-state index contributed by atoms with van der Waals surface area (Å²) in [5.41, 5.74) is 0.316. The van der Waals surface area contributed by atoms with Crippen molar-refractivity contribution in [1.29, 1.82) is 0 Å². The van der Waals surface area contributed by atoms with Gasteiger partial charge in [-0.2, -0.15) is 0 Å². The summed E-state index contributed by atoms with van der Waals surface area (Å²) in [6.45, 7) is 0. The van der Waals surface area contributed by atoms with E-state index in [-0.39, 0.29) is 18.0 Å². The number of hydrogen-bond acceptors (Lipinski definition) is 3. The largest absolute Gasteiger partial charge is 0.478 e. The van der Waals surface area contributed by atoms with Crippen molar-refractivity contribution in [2.75, 3.05) is 5.32 Å². The van der Waals surface area contributed by atoms with Gasteiger partial charge in [0.25, 0.3) is 0 Å². The van der Waals surface area contributed by atoms with Gasteiger partial charge in [0, 0.05) is 18.8 Å². The fraction of sp³-hybridized carbons (Fsp3) is 0.133. The number of carbonyl (C=O) groups is 2. The number of aromatic nitrogens is 1. The third-order valence-corrected chi connectivity index (χ3v) is 2.87. The Hall–Kier alpha value is -2.76. The number of aromatic carboxylic acids is 1. The molecular formula is C15H13FN2O3. The highest BCUT2D eigenvalue weighted by molar-refractivity contribution is 6.00. The van der Waals surface area contributed by atoms with Gasteiger partial charge < -0.3 is 10.4 Å². The van der Waals surface area contributed by atoms with E-state index in [1.807, 2.05) is 6.07 Å². The predicted molar refractivity (Wildman–Crippen MR) is 74.5 cm³/mol. The SMILES string of the molecule is O=C(CCc1cccnc1)Nc1cccc(F)c1C(=O)O. The number of pyridine rings is 1. The van der Waals surface area contributed by atoms with Crippen LogP contribution in [0, 0.1) is 5.82 Å². The Morgan fingerprint density at radius 3 is 2.71 bits per heavy atom. The first-order chi connectivity index (χ1) is 10.1. The van der Waals surface area contributed by atoms with Gasteiger partial charge in [0.2, 0.25) is 5.91 Å². The van der Waals surface area contributed by atoms with Crippen molar-refractivity contribution in [3.8, 4) is 0 Å². The zero-order valence-corrected chi connectivity index (χ0v) is 11.0. The minimum Gasteiger partial charge on any atom is -0.478 e. The lowest BCUT2D eigenvalue weighted by Crippen LogP contribution is -2.16. The highest BCUT2D eigenvalue weighted by Crippen LogP contribution is 2.19. The first kappa shape index (κ1) is 14.6. The van der Waals surface area contributed by atoms with Crippen molar-refractivity contribution in [3.63, 3.8) is 0 Å². The summed E-state index contributed by atoms with van der Waals surface area (Å²) >= 11 is 0. The monoisotopic (exact) mass is 288 g/mol. The van der Waals surface area contributed by atoms with E-state index in [4.69, 9.17) is 5.11 Å². The Morgan fingerprint density at radius 1 is 1.24 bits per heavy atom. The van der Waals surface area contributed by atoms with Gasteiger partial charge in [-0.3, -0.25) is 9.78 Å². The van der Waals surface area contributed by atoms with E-state index < -0.39 is 17.3 Å². The third kappa shape index (κ3) is 3.85. The molecule has 5 nitrogen and oxygen atoms in total. The Bertz CT molecular complexity index is 659. The summed E-state index contributed by atoms with van der Waals surface area (Å²) < 4.78 is 13.5. The Balaban J connectivity index is 2.03. The summed E-state index contributed by atoms with van der Waals surface area (Å²) in [6, 6.07) is 7.34. The number of benzene rings is 1. The number of carboxylic acids is 1. The van der Waals surface area contributed by atoms with E-state index in [2.05, 4.69) is 10.3 Å². The normalized spacial score (nSPS) is 10.1. The molecule has 0 saturated carbocycles. The molecule has 0 bridgehead atoms. The number of nitrogens with zero attached hydrogens (tertiary/aromatic N) is 1. The number of carbonyl (C=O) groups excluding carboxylic acids is 1. The summed E-state index contributed by atoms with van der Waals surface area (Å²) in [4.78, 5) is 26.8. The number of amides is 1. The first-order valence-corrected chi connectivity index (χ1v) is 6.28. The van der Waals surface area contributed by atoms with Gasteiger partial charge in [0.15, 0.2) is 0 Å². The van der Waals surface area contributed by atoms with Gasteiger partial charge in [-0.15, -0.1) is 0 Å². The molecule has 0 spiro atoms. The Morgan fingerprint density at radius 2 is 2.05 bits per heavy atom. The van der Waals surface area contributed by atoms with Crippen LogP contribution in [-0.4, -0.2) is 22.0 Å². The van der Waals surface area contributed by atoms with Gasteiger partial charge in [0.1, 0.15) is 11.4 Å². The minimum absolute atomic E-state index is 0.0429. The van der Waals surface area contributed by atoms with E-state index in [9.17, 15) is 14.0 Å². The van der Waals surface area contributed by atoms with Gasteiger partial charge >= 0.3 is 5.97 Å². The molecule has 0 atom stereocenters. The minimum atomic E-state index is -1.42. The molecule has 2 aromatic rings. The van der Waals surface area contributed by atoms with Crippen molar-refractivity contribution < 1.29 is 19.1 Å². The molecule has 21 heavy (non-hydrogen) atoms. The molecule has 1 amide bonds. The summed E-state index contributed by atoms with van der Waals surface area (Å²) in [7, 11) is 0. The second kappa shape index (κ2) is 6.60. The average Bonchev–Trinajstić information content (AvgIpc) is 2.46. The van der Waals surface area contributed by atoms with Crippen LogP contribution in [0.15, 0.2) is 42.7 Å². The van der Waals surface area contributed by atoms with Crippen LogP contribution in [-0.2, 0) is 11.2 Å². The topological polar surface area (TPSA) is 79.3 Å². The number of nitrogens with one attached hydrogen (secondary N) is 1. The van der Waals surface area contributed by atoms with Crippen LogP contribution in [0.2, 0.25) is 0 Å². The highest BCUT2D eigenvalue weighted by atomic mass is 19.1. The highest BCUT2D eigenvalue weighted by Gasteiger charge is 2.17. The van der Waals surface area contributed by atoms with Gasteiger partial charge in [-0.05, 0) is 30.2 Å². The molecular weight excluding hydrogens is 275 g/mol. The van der Waals surface area contributed by atoms with Gasteiger partial charge in [-0.1, -0.05) is 12.1 Å². The molecule has 2 N–H and O–H groups in total. The zero-order chi connectivity index (χ0) is 15.2. The van der Waals surface area contributed by atoms with Crippen molar-refractivity contribution in [2.24, 2.45) is 0 Å². The van der Waals surface area contributed by atoms with Crippen molar-refractivity contribution in [2.45, 2.75) is 12.8 Å². The number of halogens is 1. The van der Waals surface area contributed by atoms with E-state index in [0.29, 0.717) is 6.42 Å². The molecule has 0 saturated heterocycles.